The van der Waals surface area contributed by atoms with Gasteiger partial charge in [0.1, 0.15) is 11.0 Å². The molecule has 0 aliphatic carbocycles. The number of piperidine rings is 1. The topological polar surface area (TPSA) is 55.0 Å². The lowest BCUT2D eigenvalue weighted by atomic mass is 9.94. The van der Waals surface area contributed by atoms with Gasteiger partial charge in [0.05, 0.1) is 22.4 Å². The largest absolute Gasteiger partial charge is 0.368 e. The summed E-state index contributed by atoms with van der Waals surface area (Å²) in [5.41, 5.74) is 8.91. The van der Waals surface area contributed by atoms with Crippen LogP contribution in [0.1, 0.15) is 13.3 Å². The maximum absolute atomic E-state index is 6.34. The number of nitrogens with two attached hydrogens (primary N) is 1. The number of hydrogen-bond donors (Lipinski definition) is 1. The Labute approximate surface area is 115 Å². The third kappa shape index (κ3) is 1.96. The van der Waals surface area contributed by atoms with E-state index in [1.807, 2.05) is 12.1 Å². The average molecular weight is 283 g/mol. The van der Waals surface area contributed by atoms with Crippen molar-refractivity contribution >= 4 is 40.0 Å². The molecule has 0 bridgehead atoms. The number of halogens is 1. The Hall–Kier alpha value is -0.910. The lowest BCUT2D eigenvalue weighted by Gasteiger charge is -2.37. The van der Waals surface area contributed by atoms with Crippen LogP contribution in [0.3, 0.4) is 0 Å². The minimum absolute atomic E-state index is 0.285. The van der Waals surface area contributed by atoms with Gasteiger partial charge in [-0.05, 0) is 24.5 Å². The van der Waals surface area contributed by atoms with Gasteiger partial charge in [0.25, 0.3) is 0 Å². The zero-order valence-corrected chi connectivity index (χ0v) is 11.7. The van der Waals surface area contributed by atoms with Gasteiger partial charge in [0.2, 0.25) is 0 Å². The molecule has 2 aromatic rings. The molecule has 1 aromatic carbocycles. The molecule has 1 fully saturated rings. The molecule has 6 heteroatoms. The Balaban J connectivity index is 2.03. The molecule has 2 heterocycles. The van der Waals surface area contributed by atoms with Crippen molar-refractivity contribution in [2.45, 2.75) is 19.4 Å². The highest BCUT2D eigenvalue weighted by Gasteiger charge is 2.26. The quantitative estimate of drug-likeness (QED) is 0.873. The van der Waals surface area contributed by atoms with Crippen LogP contribution < -0.4 is 10.6 Å². The van der Waals surface area contributed by atoms with Crippen LogP contribution in [-0.2, 0) is 0 Å². The normalized spacial score (nSPS) is 24.7. The van der Waals surface area contributed by atoms with Crippen molar-refractivity contribution in [3.05, 3.63) is 17.2 Å². The second-order valence-corrected chi connectivity index (χ2v) is 5.84. The van der Waals surface area contributed by atoms with Gasteiger partial charge in [-0.2, -0.15) is 8.75 Å². The summed E-state index contributed by atoms with van der Waals surface area (Å²) in [5.74, 6) is 0.469. The molecular weight excluding hydrogens is 268 g/mol. The maximum Gasteiger partial charge on any atom is 0.129 e. The summed E-state index contributed by atoms with van der Waals surface area (Å²) in [5, 5.41) is 0.748. The average Bonchev–Trinajstić information content (AvgIpc) is 2.81. The lowest BCUT2D eigenvalue weighted by molar-refractivity contribution is 0.383. The van der Waals surface area contributed by atoms with Crippen molar-refractivity contribution in [3.8, 4) is 0 Å². The first-order valence-electron chi connectivity index (χ1n) is 6.08. The standard InChI is InChI=1S/C12H15ClN4S/c1-7-6-17(5-4-9(7)14)12-8(13)2-3-10-11(12)16-18-15-10/h2-3,7,9H,4-6,14H2,1H3. The Kier molecular flexibility index (Phi) is 3.13. The first-order chi connectivity index (χ1) is 8.66. The highest BCUT2D eigenvalue weighted by molar-refractivity contribution is 7.00. The summed E-state index contributed by atoms with van der Waals surface area (Å²) < 4.78 is 8.64. The van der Waals surface area contributed by atoms with Crippen molar-refractivity contribution in [1.29, 1.82) is 0 Å². The van der Waals surface area contributed by atoms with E-state index in [0.29, 0.717) is 5.92 Å². The van der Waals surface area contributed by atoms with E-state index in [1.165, 1.54) is 11.7 Å². The van der Waals surface area contributed by atoms with E-state index in [1.54, 1.807) is 0 Å². The molecule has 2 N–H and O–H groups in total. The highest BCUT2D eigenvalue weighted by atomic mass is 35.5. The van der Waals surface area contributed by atoms with E-state index in [0.717, 1.165) is 41.3 Å². The molecule has 1 aromatic heterocycles. The van der Waals surface area contributed by atoms with E-state index < -0.39 is 0 Å². The van der Waals surface area contributed by atoms with Crippen LogP contribution in [0, 0.1) is 5.92 Å². The zero-order chi connectivity index (χ0) is 12.7. The minimum Gasteiger partial charge on any atom is -0.368 e. The van der Waals surface area contributed by atoms with Gasteiger partial charge in [-0.15, -0.1) is 0 Å². The number of rotatable bonds is 1. The van der Waals surface area contributed by atoms with Gasteiger partial charge < -0.3 is 10.6 Å². The van der Waals surface area contributed by atoms with E-state index in [2.05, 4.69) is 20.6 Å². The molecule has 0 saturated carbocycles. The molecule has 96 valence electrons. The fourth-order valence-electron chi connectivity index (χ4n) is 2.48. The molecule has 18 heavy (non-hydrogen) atoms. The van der Waals surface area contributed by atoms with Gasteiger partial charge in [0.15, 0.2) is 0 Å². The van der Waals surface area contributed by atoms with Crippen LogP contribution in [0.2, 0.25) is 5.02 Å². The van der Waals surface area contributed by atoms with Gasteiger partial charge in [-0.1, -0.05) is 18.5 Å². The number of anilines is 1. The molecular formula is C12H15ClN4S. The van der Waals surface area contributed by atoms with Crippen molar-refractivity contribution in [2.24, 2.45) is 11.7 Å². The number of benzene rings is 1. The Morgan fingerprint density at radius 1 is 1.44 bits per heavy atom. The van der Waals surface area contributed by atoms with Crippen LogP contribution in [0.5, 0.6) is 0 Å². The predicted molar refractivity (Wildman–Crippen MR) is 76.4 cm³/mol. The first kappa shape index (κ1) is 12.1. The van der Waals surface area contributed by atoms with Crippen molar-refractivity contribution in [2.75, 3.05) is 18.0 Å². The van der Waals surface area contributed by atoms with Gasteiger partial charge in [-0.3, -0.25) is 0 Å². The lowest BCUT2D eigenvalue weighted by Crippen LogP contribution is -2.46. The Morgan fingerprint density at radius 2 is 2.28 bits per heavy atom. The summed E-state index contributed by atoms with van der Waals surface area (Å²) in [6.07, 6.45) is 0.992. The highest BCUT2D eigenvalue weighted by Crippen LogP contribution is 2.35. The maximum atomic E-state index is 6.34. The predicted octanol–water partition coefficient (Wildman–Crippen LogP) is 2.52. The Morgan fingerprint density at radius 3 is 3.06 bits per heavy atom. The molecule has 4 nitrogen and oxygen atoms in total. The van der Waals surface area contributed by atoms with Gasteiger partial charge in [0, 0.05) is 19.1 Å². The fraction of sp³-hybridized carbons (Fsp3) is 0.500. The third-order valence-electron chi connectivity index (χ3n) is 3.64. The number of aromatic nitrogens is 2. The second-order valence-electron chi connectivity index (χ2n) is 4.90. The molecule has 2 unspecified atom stereocenters. The van der Waals surface area contributed by atoms with Crippen LogP contribution >= 0.6 is 23.3 Å². The second kappa shape index (κ2) is 4.64. The molecule has 0 spiro atoms. The Bertz CT molecular complexity index is 570. The molecule has 1 saturated heterocycles. The van der Waals surface area contributed by atoms with Crippen molar-refractivity contribution in [1.82, 2.24) is 8.75 Å². The summed E-state index contributed by atoms with van der Waals surface area (Å²) in [6.45, 7) is 4.05. The van der Waals surface area contributed by atoms with Crippen LogP contribution in [-0.4, -0.2) is 27.9 Å². The first-order valence-corrected chi connectivity index (χ1v) is 7.19. The molecule has 3 rings (SSSR count). The van der Waals surface area contributed by atoms with E-state index in [-0.39, 0.29) is 6.04 Å². The summed E-state index contributed by atoms with van der Waals surface area (Å²) in [6, 6.07) is 4.11. The van der Waals surface area contributed by atoms with Crippen LogP contribution in [0.15, 0.2) is 12.1 Å². The number of hydrogen-bond acceptors (Lipinski definition) is 5. The van der Waals surface area contributed by atoms with E-state index in [4.69, 9.17) is 17.3 Å². The summed E-state index contributed by atoms with van der Waals surface area (Å²) in [7, 11) is 0. The SMILES string of the molecule is CC1CN(c2c(Cl)ccc3nsnc23)CCC1N. The smallest absolute Gasteiger partial charge is 0.129 e. The molecule has 2 atom stereocenters. The van der Waals surface area contributed by atoms with Crippen LogP contribution in [0.4, 0.5) is 5.69 Å². The van der Waals surface area contributed by atoms with E-state index in [9.17, 15) is 0 Å². The summed E-state index contributed by atoms with van der Waals surface area (Å²) in [4.78, 5) is 2.29. The van der Waals surface area contributed by atoms with Gasteiger partial charge in [-0.25, -0.2) is 0 Å². The minimum atomic E-state index is 0.285. The van der Waals surface area contributed by atoms with Crippen molar-refractivity contribution in [3.63, 3.8) is 0 Å². The number of fused-ring (bicyclic) bond motifs is 1. The zero-order valence-electron chi connectivity index (χ0n) is 10.1. The monoisotopic (exact) mass is 282 g/mol. The molecule has 0 amide bonds. The molecule has 1 aliphatic heterocycles. The third-order valence-corrected chi connectivity index (χ3v) is 4.49. The number of nitrogens with zero attached hydrogens (tertiary/aromatic N) is 3. The molecule has 1 aliphatic rings. The van der Waals surface area contributed by atoms with Gasteiger partial charge >= 0.3 is 0 Å². The van der Waals surface area contributed by atoms with E-state index >= 15 is 0 Å². The van der Waals surface area contributed by atoms with Crippen LogP contribution in [0.25, 0.3) is 11.0 Å². The molecule has 0 radical (unpaired) electrons. The van der Waals surface area contributed by atoms with Crippen molar-refractivity contribution < 1.29 is 0 Å². The summed E-state index contributed by atoms with van der Waals surface area (Å²) >= 11 is 7.57. The fourth-order valence-corrected chi connectivity index (χ4v) is 3.29.